The highest BCUT2D eigenvalue weighted by Gasteiger charge is 2.07. The minimum absolute atomic E-state index is 0.189. The number of amides is 1. The van der Waals surface area contributed by atoms with Gasteiger partial charge in [0.25, 0.3) is 5.91 Å². The Morgan fingerprint density at radius 1 is 1.15 bits per heavy atom. The lowest BCUT2D eigenvalue weighted by Crippen LogP contribution is -2.20. The summed E-state index contributed by atoms with van der Waals surface area (Å²) in [5.41, 5.74) is 0. The molecular formula is C13H9Cl3N2O2. The summed E-state index contributed by atoms with van der Waals surface area (Å²) in [6.45, 7) is -0.189. The predicted octanol–water partition coefficient (Wildman–Crippen LogP) is 4.06. The van der Waals surface area contributed by atoms with Gasteiger partial charge >= 0.3 is 0 Å². The Hall–Kier alpha value is -1.49. The van der Waals surface area contributed by atoms with Crippen LogP contribution in [0.15, 0.2) is 36.5 Å². The number of pyridine rings is 1. The standard InChI is InChI=1S/C13H9Cl3N2O2/c14-8-1-3-11(10(16)5-8)20-7-13(19)18-12-4-2-9(15)6-17-12/h1-6H,7H2,(H,17,18,19). The Morgan fingerprint density at radius 3 is 2.55 bits per heavy atom. The smallest absolute Gasteiger partial charge is 0.263 e. The number of hydrogen-bond acceptors (Lipinski definition) is 3. The maximum Gasteiger partial charge on any atom is 0.263 e. The van der Waals surface area contributed by atoms with Gasteiger partial charge in [-0.25, -0.2) is 4.98 Å². The molecule has 0 radical (unpaired) electrons. The summed E-state index contributed by atoms with van der Waals surface area (Å²) in [5.74, 6) is 0.423. The van der Waals surface area contributed by atoms with E-state index >= 15 is 0 Å². The summed E-state index contributed by atoms with van der Waals surface area (Å²) >= 11 is 17.4. The minimum atomic E-state index is -0.356. The molecule has 2 rings (SSSR count). The largest absolute Gasteiger partial charge is 0.482 e. The van der Waals surface area contributed by atoms with E-state index in [-0.39, 0.29) is 12.5 Å². The number of nitrogens with one attached hydrogen (secondary N) is 1. The van der Waals surface area contributed by atoms with E-state index in [9.17, 15) is 4.79 Å². The van der Waals surface area contributed by atoms with Crippen molar-refractivity contribution in [2.45, 2.75) is 0 Å². The highest BCUT2D eigenvalue weighted by Crippen LogP contribution is 2.27. The molecule has 7 heteroatoms. The molecule has 0 fully saturated rings. The van der Waals surface area contributed by atoms with Gasteiger partial charge in [0.2, 0.25) is 0 Å². The van der Waals surface area contributed by atoms with Crippen LogP contribution in [0.5, 0.6) is 5.75 Å². The highest BCUT2D eigenvalue weighted by atomic mass is 35.5. The number of carbonyl (C=O) groups is 1. The van der Waals surface area contributed by atoms with E-state index in [0.717, 1.165) is 0 Å². The summed E-state index contributed by atoms with van der Waals surface area (Å²) in [6.07, 6.45) is 1.44. The summed E-state index contributed by atoms with van der Waals surface area (Å²) < 4.78 is 5.29. The lowest BCUT2D eigenvalue weighted by atomic mass is 10.3. The molecule has 0 unspecified atom stereocenters. The Bertz CT molecular complexity index is 618. The molecule has 0 saturated carbocycles. The third-order valence-corrected chi connectivity index (χ3v) is 3.00. The van der Waals surface area contributed by atoms with Gasteiger partial charge in [0.15, 0.2) is 6.61 Å². The summed E-state index contributed by atoms with van der Waals surface area (Å²) in [5, 5.41) is 3.90. The molecule has 0 spiro atoms. The molecule has 1 aromatic carbocycles. The zero-order valence-corrected chi connectivity index (χ0v) is 12.3. The molecule has 1 heterocycles. The van der Waals surface area contributed by atoms with Crippen molar-refractivity contribution in [3.63, 3.8) is 0 Å². The first kappa shape index (κ1) is 14.9. The number of benzene rings is 1. The van der Waals surface area contributed by atoms with Crippen LogP contribution < -0.4 is 10.1 Å². The second-order valence-electron chi connectivity index (χ2n) is 3.77. The molecule has 0 bridgehead atoms. The maximum absolute atomic E-state index is 11.7. The summed E-state index contributed by atoms with van der Waals surface area (Å²) in [7, 11) is 0. The number of nitrogens with zero attached hydrogens (tertiary/aromatic N) is 1. The average molecular weight is 332 g/mol. The number of hydrogen-bond donors (Lipinski definition) is 1. The van der Waals surface area contributed by atoms with E-state index in [4.69, 9.17) is 39.5 Å². The average Bonchev–Trinajstić information content (AvgIpc) is 2.40. The Kier molecular flexibility index (Phi) is 5.06. The number of halogens is 3. The molecule has 0 aliphatic rings. The Labute approximate surface area is 130 Å². The predicted molar refractivity (Wildman–Crippen MR) is 79.8 cm³/mol. The number of rotatable bonds is 4. The molecule has 0 atom stereocenters. The number of carbonyl (C=O) groups excluding carboxylic acids is 1. The van der Waals surface area contributed by atoms with Crippen LogP contribution in [0.25, 0.3) is 0 Å². The maximum atomic E-state index is 11.7. The van der Waals surface area contributed by atoms with Gasteiger partial charge in [-0.2, -0.15) is 0 Å². The molecule has 0 aliphatic heterocycles. The van der Waals surface area contributed by atoms with Gasteiger partial charge in [0.05, 0.1) is 10.0 Å². The van der Waals surface area contributed by atoms with Crippen molar-refractivity contribution in [1.82, 2.24) is 4.98 Å². The molecule has 1 amide bonds. The van der Waals surface area contributed by atoms with E-state index < -0.39 is 0 Å². The molecule has 1 N–H and O–H groups in total. The highest BCUT2D eigenvalue weighted by molar-refractivity contribution is 6.35. The lowest BCUT2D eigenvalue weighted by Gasteiger charge is -2.08. The van der Waals surface area contributed by atoms with Crippen LogP contribution in [0, 0.1) is 0 Å². The second kappa shape index (κ2) is 6.79. The zero-order chi connectivity index (χ0) is 14.5. The molecule has 0 saturated heterocycles. The van der Waals surface area contributed by atoms with E-state index in [1.54, 1.807) is 24.3 Å². The molecule has 1 aromatic heterocycles. The summed E-state index contributed by atoms with van der Waals surface area (Å²) in [4.78, 5) is 15.6. The molecular weight excluding hydrogens is 323 g/mol. The Balaban J connectivity index is 1.90. The van der Waals surface area contributed by atoms with Crippen LogP contribution in [-0.2, 0) is 4.79 Å². The van der Waals surface area contributed by atoms with Gasteiger partial charge in [-0.05, 0) is 30.3 Å². The fourth-order valence-electron chi connectivity index (χ4n) is 1.36. The molecule has 2 aromatic rings. The number of aromatic nitrogens is 1. The van der Waals surface area contributed by atoms with Crippen molar-refractivity contribution in [2.75, 3.05) is 11.9 Å². The number of anilines is 1. The molecule has 0 aliphatic carbocycles. The van der Waals surface area contributed by atoms with Crippen molar-refractivity contribution >= 4 is 46.5 Å². The first-order valence-electron chi connectivity index (χ1n) is 5.54. The van der Waals surface area contributed by atoms with Crippen molar-refractivity contribution in [2.24, 2.45) is 0 Å². The topological polar surface area (TPSA) is 51.2 Å². The lowest BCUT2D eigenvalue weighted by molar-refractivity contribution is -0.118. The van der Waals surface area contributed by atoms with Crippen LogP contribution in [0.4, 0.5) is 5.82 Å². The van der Waals surface area contributed by atoms with Crippen molar-refractivity contribution < 1.29 is 9.53 Å². The second-order valence-corrected chi connectivity index (χ2v) is 5.05. The van der Waals surface area contributed by atoms with Crippen LogP contribution in [-0.4, -0.2) is 17.5 Å². The fourth-order valence-corrected chi connectivity index (χ4v) is 1.94. The van der Waals surface area contributed by atoms with Gasteiger partial charge in [0, 0.05) is 11.2 Å². The van der Waals surface area contributed by atoms with Gasteiger partial charge in [-0.1, -0.05) is 34.8 Å². The van der Waals surface area contributed by atoms with Gasteiger partial charge in [0.1, 0.15) is 11.6 Å². The SMILES string of the molecule is O=C(COc1ccc(Cl)cc1Cl)Nc1ccc(Cl)cn1. The molecule has 104 valence electrons. The van der Waals surface area contributed by atoms with E-state index in [1.807, 2.05) is 0 Å². The molecule has 4 nitrogen and oxygen atoms in total. The Morgan fingerprint density at radius 2 is 1.90 bits per heavy atom. The van der Waals surface area contributed by atoms with E-state index in [2.05, 4.69) is 10.3 Å². The monoisotopic (exact) mass is 330 g/mol. The normalized spacial score (nSPS) is 10.2. The van der Waals surface area contributed by atoms with Crippen molar-refractivity contribution in [1.29, 1.82) is 0 Å². The van der Waals surface area contributed by atoms with Crippen LogP contribution in [0.1, 0.15) is 0 Å². The first-order chi connectivity index (χ1) is 9.54. The quantitative estimate of drug-likeness (QED) is 0.919. The molecule has 20 heavy (non-hydrogen) atoms. The van der Waals surface area contributed by atoms with Crippen molar-refractivity contribution in [3.8, 4) is 5.75 Å². The first-order valence-corrected chi connectivity index (χ1v) is 6.67. The zero-order valence-electron chi connectivity index (χ0n) is 10.1. The van der Waals surface area contributed by atoms with Crippen LogP contribution >= 0.6 is 34.8 Å². The van der Waals surface area contributed by atoms with Gasteiger partial charge in [-0.3, -0.25) is 4.79 Å². The van der Waals surface area contributed by atoms with Gasteiger partial charge < -0.3 is 10.1 Å². The van der Waals surface area contributed by atoms with E-state index in [1.165, 1.54) is 12.3 Å². The summed E-state index contributed by atoms with van der Waals surface area (Å²) in [6, 6.07) is 7.98. The van der Waals surface area contributed by atoms with Crippen molar-refractivity contribution in [3.05, 3.63) is 51.6 Å². The van der Waals surface area contributed by atoms with E-state index in [0.29, 0.717) is 26.6 Å². The minimum Gasteiger partial charge on any atom is -0.482 e. The van der Waals surface area contributed by atoms with Crippen LogP contribution in [0.3, 0.4) is 0 Å². The third kappa shape index (κ3) is 4.27. The van der Waals surface area contributed by atoms with Crippen LogP contribution in [0.2, 0.25) is 15.1 Å². The van der Waals surface area contributed by atoms with Gasteiger partial charge in [-0.15, -0.1) is 0 Å². The fraction of sp³-hybridized carbons (Fsp3) is 0.0769. The number of ether oxygens (including phenoxy) is 1. The third-order valence-electron chi connectivity index (χ3n) is 2.25.